The second kappa shape index (κ2) is 8.26. The fourth-order valence-corrected chi connectivity index (χ4v) is 3.61. The number of nitrogens with one attached hydrogen (secondary N) is 1. The van der Waals surface area contributed by atoms with Crippen molar-refractivity contribution in [3.63, 3.8) is 0 Å². The van der Waals surface area contributed by atoms with Crippen molar-refractivity contribution in [2.75, 3.05) is 20.2 Å². The standard InChI is InChI=1S/C22H23N3O4/c1-28-19-9-2-3-10-20(19)29-18-8-5-12-24(15-18)21(26)16-6-4-7-17(14-16)25-13-11-23-22(25)27/h2-4,6-7,9-11,13-14,18H,5,8,12,15H2,1H3,(H,23,27). The molecular weight excluding hydrogens is 370 g/mol. The molecule has 2 heterocycles. The number of imidazole rings is 1. The Morgan fingerprint density at radius 2 is 1.97 bits per heavy atom. The largest absolute Gasteiger partial charge is 0.493 e. The highest BCUT2D eigenvalue weighted by Gasteiger charge is 2.26. The molecule has 7 nitrogen and oxygen atoms in total. The predicted molar refractivity (Wildman–Crippen MR) is 109 cm³/mol. The van der Waals surface area contributed by atoms with Gasteiger partial charge in [0.25, 0.3) is 5.91 Å². The number of aromatic amines is 1. The Bertz CT molecular complexity index is 1060. The minimum atomic E-state index is -0.238. The van der Waals surface area contributed by atoms with E-state index < -0.39 is 0 Å². The Kier molecular flexibility index (Phi) is 5.37. The number of nitrogens with zero attached hydrogens (tertiary/aromatic N) is 2. The molecular formula is C22H23N3O4. The summed E-state index contributed by atoms with van der Waals surface area (Å²) >= 11 is 0. The van der Waals surface area contributed by atoms with Crippen molar-refractivity contribution in [3.05, 3.63) is 77.0 Å². The van der Waals surface area contributed by atoms with Gasteiger partial charge in [-0.3, -0.25) is 9.36 Å². The third kappa shape index (κ3) is 4.03. The van der Waals surface area contributed by atoms with Crippen LogP contribution in [0.2, 0.25) is 0 Å². The molecule has 7 heteroatoms. The highest BCUT2D eigenvalue weighted by molar-refractivity contribution is 5.94. The highest BCUT2D eigenvalue weighted by atomic mass is 16.5. The summed E-state index contributed by atoms with van der Waals surface area (Å²) in [6.45, 7) is 1.18. The third-order valence-corrected chi connectivity index (χ3v) is 5.05. The molecule has 1 fully saturated rings. The monoisotopic (exact) mass is 393 g/mol. The number of ether oxygens (including phenoxy) is 2. The van der Waals surface area contributed by atoms with Crippen LogP contribution in [0.5, 0.6) is 11.5 Å². The first-order valence-electron chi connectivity index (χ1n) is 9.61. The minimum absolute atomic E-state index is 0.0660. The zero-order valence-corrected chi connectivity index (χ0v) is 16.2. The molecule has 0 aliphatic carbocycles. The lowest BCUT2D eigenvalue weighted by atomic mass is 10.1. The fraction of sp³-hybridized carbons (Fsp3) is 0.273. The van der Waals surface area contributed by atoms with Crippen molar-refractivity contribution >= 4 is 5.91 Å². The lowest BCUT2D eigenvalue weighted by molar-refractivity contribution is 0.0532. The molecule has 1 aromatic heterocycles. The van der Waals surface area contributed by atoms with E-state index >= 15 is 0 Å². The van der Waals surface area contributed by atoms with Crippen LogP contribution in [-0.2, 0) is 0 Å². The van der Waals surface area contributed by atoms with Gasteiger partial charge in [0, 0.05) is 24.5 Å². The Morgan fingerprint density at radius 1 is 1.14 bits per heavy atom. The van der Waals surface area contributed by atoms with Crippen LogP contribution < -0.4 is 15.2 Å². The van der Waals surface area contributed by atoms with Gasteiger partial charge in [-0.1, -0.05) is 18.2 Å². The van der Waals surface area contributed by atoms with Crippen LogP contribution in [0.3, 0.4) is 0 Å². The zero-order valence-electron chi connectivity index (χ0n) is 16.2. The number of methoxy groups -OCH3 is 1. The number of hydrogen-bond donors (Lipinski definition) is 1. The number of carbonyl (C=O) groups is 1. The number of carbonyl (C=O) groups excluding carboxylic acids is 1. The summed E-state index contributed by atoms with van der Waals surface area (Å²) in [5.41, 5.74) is 0.965. The molecule has 0 radical (unpaired) electrons. The number of hydrogen-bond acceptors (Lipinski definition) is 4. The quantitative estimate of drug-likeness (QED) is 0.723. The summed E-state index contributed by atoms with van der Waals surface area (Å²) in [7, 11) is 1.61. The van der Waals surface area contributed by atoms with Gasteiger partial charge in [-0.25, -0.2) is 4.79 Å². The number of aromatic nitrogens is 2. The Hall–Kier alpha value is -3.48. The molecule has 0 spiro atoms. The molecule has 1 amide bonds. The maximum atomic E-state index is 13.1. The van der Waals surface area contributed by atoms with Crippen LogP contribution >= 0.6 is 0 Å². The number of para-hydroxylation sites is 2. The maximum absolute atomic E-state index is 13.1. The number of amides is 1. The van der Waals surface area contributed by atoms with E-state index in [1.165, 1.54) is 4.57 Å². The molecule has 1 atom stereocenters. The van der Waals surface area contributed by atoms with Gasteiger partial charge in [0.15, 0.2) is 11.5 Å². The molecule has 0 bridgehead atoms. The normalized spacial score (nSPS) is 16.4. The van der Waals surface area contributed by atoms with Gasteiger partial charge in [-0.2, -0.15) is 0 Å². The Labute approximate surface area is 168 Å². The summed E-state index contributed by atoms with van der Waals surface area (Å²) < 4.78 is 12.9. The summed E-state index contributed by atoms with van der Waals surface area (Å²) in [5, 5.41) is 0. The Morgan fingerprint density at radius 3 is 2.72 bits per heavy atom. The van der Waals surface area contributed by atoms with E-state index in [0.717, 1.165) is 12.8 Å². The second-order valence-corrected chi connectivity index (χ2v) is 6.97. The molecule has 1 unspecified atom stereocenters. The van der Waals surface area contributed by atoms with Gasteiger partial charge < -0.3 is 19.4 Å². The molecule has 1 aliphatic heterocycles. The van der Waals surface area contributed by atoms with Crippen LogP contribution in [0.4, 0.5) is 0 Å². The van der Waals surface area contributed by atoms with Gasteiger partial charge in [-0.15, -0.1) is 0 Å². The van der Waals surface area contributed by atoms with Crippen molar-refractivity contribution in [1.82, 2.24) is 14.5 Å². The van der Waals surface area contributed by atoms with E-state index in [1.54, 1.807) is 43.8 Å². The first-order valence-corrected chi connectivity index (χ1v) is 9.61. The predicted octanol–water partition coefficient (Wildman–Crippen LogP) is 2.86. The van der Waals surface area contributed by atoms with Crippen molar-refractivity contribution in [3.8, 4) is 17.2 Å². The molecule has 1 aliphatic rings. The van der Waals surface area contributed by atoms with Crippen molar-refractivity contribution < 1.29 is 14.3 Å². The van der Waals surface area contributed by atoms with E-state index in [-0.39, 0.29) is 17.7 Å². The highest BCUT2D eigenvalue weighted by Crippen LogP contribution is 2.29. The van der Waals surface area contributed by atoms with Gasteiger partial charge in [0.05, 0.1) is 19.3 Å². The fourth-order valence-electron chi connectivity index (χ4n) is 3.61. The average molecular weight is 393 g/mol. The van der Waals surface area contributed by atoms with Crippen LogP contribution in [0.25, 0.3) is 5.69 Å². The maximum Gasteiger partial charge on any atom is 0.330 e. The smallest absolute Gasteiger partial charge is 0.330 e. The first-order chi connectivity index (χ1) is 14.2. The number of likely N-dealkylation sites (tertiary alicyclic amines) is 1. The topological polar surface area (TPSA) is 76.6 Å². The summed E-state index contributed by atoms with van der Waals surface area (Å²) in [6.07, 6.45) is 4.85. The second-order valence-electron chi connectivity index (χ2n) is 6.97. The lowest BCUT2D eigenvalue weighted by Crippen LogP contribution is -2.44. The molecule has 1 N–H and O–H groups in total. The van der Waals surface area contributed by atoms with Crippen LogP contribution in [0.1, 0.15) is 23.2 Å². The van der Waals surface area contributed by atoms with Crippen LogP contribution in [0, 0.1) is 0 Å². The van der Waals surface area contributed by atoms with Gasteiger partial charge in [0.1, 0.15) is 6.10 Å². The molecule has 29 heavy (non-hydrogen) atoms. The molecule has 150 valence electrons. The van der Waals surface area contributed by atoms with E-state index in [1.807, 2.05) is 29.2 Å². The zero-order chi connectivity index (χ0) is 20.2. The van der Waals surface area contributed by atoms with E-state index in [4.69, 9.17) is 9.47 Å². The van der Waals surface area contributed by atoms with Crippen LogP contribution in [-0.4, -0.2) is 46.7 Å². The molecule has 2 aromatic carbocycles. The molecule has 3 aromatic rings. The molecule has 4 rings (SSSR count). The molecule has 0 saturated carbocycles. The van der Waals surface area contributed by atoms with Gasteiger partial charge in [-0.05, 0) is 43.2 Å². The van der Waals surface area contributed by atoms with Crippen molar-refractivity contribution in [1.29, 1.82) is 0 Å². The van der Waals surface area contributed by atoms with Gasteiger partial charge >= 0.3 is 5.69 Å². The SMILES string of the molecule is COc1ccccc1OC1CCCN(C(=O)c2cccc(-n3cc[nH]c3=O)c2)C1. The minimum Gasteiger partial charge on any atom is -0.493 e. The van der Waals surface area contributed by atoms with E-state index in [0.29, 0.717) is 35.8 Å². The van der Waals surface area contributed by atoms with Crippen molar-refractivity contribution in [2.45, 2.75) is 18.9 Å². The number of piperidine rings is 1. The van der Waals surface area contributed by atoms with E-state index in [9.17, 15) is 9.59 Å². The van der Waals surface area contributed by atoms with Crippen molar-refractivity contribution in [2.24, 2.45) is 0 Å². The Balaban J connectivity index is 1.49. The van der Waals surface area contributed by atoms with E-state index in [2.05, 4.69) is 4.98 Å². The summed E-state index contributed by atoms with van der Waals surface area (Å²) in [5.74, 6) is 1.30. The third-order valence-electron chi connectivity index (χ3n) is 5.05. The summed E-state index contributed by atoms with van der Waals surface area (Å²) in [6, 6.07) is 14.6. The number of rotatable bonds is 5. The summed E-state index contributed by atoms with van der Waals surface area (Å²) in [4.78, 5) is 29.3. The number of benzene rings is 2. The lowest BCUT2D eigenvalue weighted by Gasteiger charge is -2.33. The van der Waals surface area contributed by atoms with Crippen LogP contribution in [0.15, 0.2) is 65.7 Å². The molecule has 1 saturated heterocycles. The number of H-pyrrole nitrogens is 1. The average Bonchev–Trinajstić information content (AvgIpc) is 3.20. The first kappa shape index (κ1) is 18.9. The van der Waals surface area contributed by atoms with Gasteiger partial charge in [0.2, 0.25) is 0 Å².